The number of carbonyl (C=O) groups is 1. The zero-order valence-corrected chi connectivity index (χ0v) is 16.6. The van der Waals surface area contributed by atoms with Gasteiger partial charge >= 0.3 is 0 Å². The Morgan fingerprint density at radius 1 is 1.21 bits per heavy atom. The average molecular weight is 401 g/mol. The third kappa shape index (κ3) is 4.09. The Morgan fingerprint density at radius 2 is 2.04 bits per heavy atom. The Bertz CT molecular complexity index is 832. The van der Waals surface area contributed by atoms with Crippen LogP contribution in [0.25, 0.3) is 0 Å². The molecule has 3 atom stereocenters. The highest BCUT2D eigenvalue weighted by atomic mass is 35.5. The van der Waals surface area contributed by atoms with E-state index in [1.807, 2.05) is 36.4 Å². The van der Waals surface area contributed by atoms with Gasteiger partial charge < -0.3 is 15.0 Å². The van der Waals surface area contributed by atoms with E-state index in [0.717, 1.165) is 37.4 Å². The van der Waals surface area contributed by atoms with Crippen molar-refractivity contribution in [2.24, 2.45) is 0 Å². The molecule has 7 heteroatoms. The number of hydrogen-bond donors (Lipinski definition) is 3. The average Bonchev–Trinajstić information content (AvgIpc) is 3.38. The number of amides is 1. The predicted octanol–water partition coefficient (Wildman–Crippen LogP) is 2.65. The lowest BCUT2D eigenvalue weighted by Gasteiger charge is -2.22. The van der Waals surface area contributed by atoms with Crippen molar-refractivity contribution in [1.82, 2.24) is 16.2 Å². The normalized spacial score (nSPS) is 24.4. The van der Waals surface area contributed by atoms with E-state index in [2.05, 4.69) is 33.2 Å². The topological polar surface area (TPSA) is 65.6 Å². The summed E-state index contributed by atoms with van der Waals surface area (Å²) in [7, 11) is 1.66. The third-order valence-electron chi connectivity index (χ3n) is 5.44. The molecule has 2 saturated heterocycles. The lowest BCUT2D eigenvalue weighted by atomic mass is 10.0. The molecule has 2 aromatic rings. The second kappa shape index (κ2) is 8.39. The number of hydrazine groups is 1. The van der Waals surface area contributed by atoms with E-state index in [1.54, 1.807) is 7.11 Å². The fourth-order valence-electron chi connectivity index (χ4n) is 3.94. The molecule has 0 bridgehead atoms. The first-order chi connectivity index (χ1) is 13.6. The number of benzene rings is 2. The van der Waals surface area contributed by atoms with Crippen LogP contribution in [-0.4, -0.2) is 38.2 Å². The van der Waals surface area contributed by atoms with Crippen molar-refractivity contribution in [1.29, 1.82) is 0 Å². The Labute approximate surface area is 170 Å². The highest BCUT2D eigenvalue weighted by Crippen LogP contribution is 2.33. The van der Waals surface area contributed by atoms with Crippen LogP contribution in [0.5, 0.6) is 5.75 Å². The third-order valence-corrected chi connectivity index (χ3v) is 5.67. The maximum atomic E-state index is 12.7. The van der Waals surface area contributed by atoms with E-state index < -0.39 is 0 Å². The summed E-state index contributed by atoms with van der Waals surface area (Å²) in [5, 5.41) is 3.87. The Hall–Kier alpha value is -2.28. The van der Waals surface area contributed by atoms with Gasteiger partial charge in [-0.15, -0.1) is 0 Å². The summed E-state index contributed by atoms with van der Waals surface area (Å²) in [5.74, 6) is 0.833. The molecule has 1 amide bonds. The van der Waals surface area contributed by atoms with Gasteiger partial charge in [0.25, 0.3) is 0 Å². The number of methoxy groups -OCH3 is 1. The number of halogens is 1. The fourth-order valence-corrected chi connectivity index (χ4v) is 4.11. The molecule has 3 unspecified atom stereocenters. The monoisotopic (exact) mass is 400 g/mol. The van der Waals surface area contributed by atoms with Gasteiger partial charge in [-0.05, 0) is 36.6 Å². The van der Waals surface area contributed by atoms with Crippen molar-refractivity contribution in [2.75, 3.05) is 25.1 Å². The molecule has 6 nitrogen and oxygen atoms in total. The minimum atomic E-state index is -0.236. The molecule has 2 heterocycles. The molecule has 0 saturated carbocycles. The van der Waals surface area contributed by atoms with Crippen molar-refractivity contribution < 1.29 is 9.53 Å². The zero-order valence-electron chi connectivity index (χ0n) is 15.8. The van der Waals surface area contributed by atoms with Gasteiger partial charge in [0.15, 0.2) is 0 Å². The van der Waals surface area contributed by atoms with Crippen molar-refractivity contribution in [2.45, 2.75) is 31.0 Å². The fraction of sp³-hybridized carbons (Fsp3) is 0.381. The minimum Gasteiger partial charge on any atom is -0.495 e. The van der Waals surface area contributed by atoms with Gasteiger partial charge in [-0.2, -0.15) is 0 Å². The molecule has 2 aliphatic rings. The van der Waals surface area contributed by atoms with E-state index in [9.17, 15) is 4.79 Å². The Kier molecular flexibility index (Phi) is 5.71. The summed E-state index contributed by atoms with van der Waals surface area (Å²) >= 11 is 6.16. The summed E-state index contributed by atoms with van der Waals surface area (Å²) in [5.41, 5.74) is 8.52. The van der Waals surface area contributed by atoms with Gasteiger partial charge in [0.1, 0.15) is 11.8 Å². The first-order valence-electron chi connectivity index (χ1n) is 9.59. The minimum absolute atomic E-state index is 0.0378. The lowest BCUT2D eigenvalue weighted by molar-refractivity contribution is -0.123. The maximum Gasteiger partial charge on any atom is 0.238 e. The molecule has 0 radical (unpaired) electrons. The van der Waals surface area contributed by atoms with Crippen LogP contribution in [0.15, 0.2) is 48.5 Å². The van der Waals surface area contributed by atoms with Crippen LogP contribution in [-0.2, 0) is 4.79 Å². The second-order valence-corrected chi connectivity index (χ2v) is 7.73. The number of carbonyl (C=O) groups excluding carboxylic acids is 1. The van der Waals surface area contributed by atoms with E-state index in [1.165, 1.54) is 5.56 Å². The van der Waals surface area contributed by atoms with Crippen LogP contribution >= 0.6 is 11.6 Å². The summed E-state index contributed by atoms with van der Waals surface area (Å²) in [4.78, 5) is 14.9. The van der Waals surface area contributed by atoms with Gasteiger partial charge in [-0.3, -0.25) is 4.79 Å². The van der Waals surface area contributed by atoms with Crippen LogP contribution in [0.2, 0.25) is 5.02 Å². The number of nitrogens with zero attached hydrogens (tertiary/aromatic N) is 1. The van der Waals surface area contributed by atoms with E-state index in [-0.39, 0.29) is 24.0 Å². The summed E-state index contributed by atoms with van der Waals surface area (Å²) < 4.78 is 5.46. The summed E-state index contributed by atoms with van der Waals surface area (Å²) in [6.07, 6.45) is 1.62. The zero-order chi connectivity index (χ0) is 19.5. The molecular formula is C21H25ClN4O2. The number of ether oxygens (including phenoxy) is 1. The molecular weight excluding hydrogens is 376 g/mol. The summed E-state index contributed by atoms with van der Waals surface area (Å²) in [6.45, 7) is 1.59. The second-order valence-electron chi connectivity index (χ2n) is 7.30. The molecule has 148 valence electrons. The maximum absolute atomic E-state index is 12.7. The van der Waals surface area contributed by atoms with Gasteiger partial charge in [0.2, 0.25) is 5.91 Å². The van der Waals surface area contributed by atoms with Gasteiger partial charge in [-0.1, -0.05) is 41.9 Å². The molecule has 2 aromatic carbocycles. The molecule has 2 aliphatic heterocycles. The molecule has 28 heavy (non-hydrogen) atoms. The first kappa shape index (κ1) is 19.1. The first-order valence-corrected chi connectivity index (χ1v) is 9.96. The molecule has 0 aromatic heterocycles. The summed E-state index contributed by atoms with van der Waals surface area (Å²) in [6, 6.07) is 15.8. The predicted molar refractivity (Wildman–Crippen MR) is 111 cm³/mol. The number of anilines is 1. The largest absolute Gasteiger partial charge is 0.495 e. The smallest absolute Gasteiger partial charge is 0.238 e. The molecule has 2 fully saturated rings. The van der Waals surface area contributed by atoms with Crippen molar-refractivity contribution in [3.8, 4) is 5.75 Å². The van der Waals surface area contributed by atoms with Crippen LogP contribution in [0.3, 0.4) is 0 Å². The van der Waals surface area contributed by atoms with E-state index in [4.69, 9.17) is 16.3 Å². The van der Waals surface area contributed by atoms with Crippen LogP contribution in [0.4, 0.5) is 5.69 Å². The number of hydrogen-bond acceptors (Lipinski definition) is 5. The van der Waals surface area contributed by atoms with Gasteiger partial charge in [-0.25, -0.2) is 10.9 Å². The number of rotatable bonds is 5. The Balaban J connectivity index is 1.33. The van der Waals surface area contributed by atoms with Gasteiger partial charge in [0, 0.05) is 30.2 Å². The van der Waals surface area contributed by atoms with Crippen molar-refractivity contribution >= 4 is 23.2 Å². The van der Waals surface area contributed by atoms with Crippen molar-refractivity contribution in [3.63, 3.8) is 0 Å². The standard InChI is InChI=1S/C21H25ClN4O2/c1-28-20-8-7-15(22)11-19(20)26-10-9-16(13-26)23-21(27)18-12-17(24-25-18)14-5-3-2-4-6-14/h2-8,11,16-18,24-25H,9-10,12-13H2,1H3,(H,23,27). The molecule has 4 rings (SSSR count). The number of nitrogens with one attached hydrogen (secondary N) is 3. The van der Waals surface area contributed by atoms with Crippen molar-refractivity contribution in [3.05, 3.63) is 59.1 Å². The van der Waals surface area contributed by atoms with E-state index >= 15 is 0 Å². The van der Waals surface area contributed by atoms with E-state index in [0.29, 0.717) is 5.02 Å². The highest BCUT2D eigenvalue weighted by Gasteiger charge is 2.33. The molecule has 0 aliphatic carbocycles. The van der Waals surface area contributed by atoms with Crippen LogP contribution in [0.1, 0.15) is 24.4 Å². The Morgan fingerprint density at radius 3 is 2.82 bits per heavy atom. The SMILES string of the molecule is COc1ccc(Cl)cc1N1CCC(NC(=O)C2CC(c3ccccc3)NN2)C1. The lowest BCUT2D eigenvalue weighted by Crippen LogP contribution is -2.47. The van der Waals surface area contributed by atoms with Gasteiger partial charge in [0.05, 0.1) is 12.8 Å². The van der Waals surface area contributed by atoms with Crippen LogP contribution < -0.4 is 25.8 Å². The molecule has 0 spiro atoms. The molecule has 3 N–H and O–H groups in total. The van der Waals surface area contributed by atoms with Crippen LogP contribution in [0, 0.1) is 0 Å². The highest BCUT2D eigenvalue weighted by molar-refractivity contribution is 6.30. The quantitative estimate of drug-likeness (QED) is 0.720.